The molecule has 51 heavy (non-hydrogen) atoms. The molecule has 0 atom stereocenters. The van der Waals surface area contributed by atoms with E-state index in [0.717, 1.165) is 88.7 Å². The summed E-state index contributed by atoms with van der Waals surface area (Å²) < 4.78 is 18.1. The third kappa shape index (κ3) is 4.65. The maximum atomic E-state index is 16.0. The van der Waals surface area contributed by atoms with E-state index in [9.17, 15) is 0 Å². The molecular weight excluding hydrogens is 642 g/mol. The standard InChI is InChI=1S/C46H30N3OP/c50-51-45-11-3-1-9-39(45)41-27-35(31-13-17-33(18-14-31)37-7-5-25-47-29-37)21-23-43(41)49(51)44-24-22-36(28-42(44)40-10-2-4-12-46(40)51)32-15-19-34(20-16-32)38-8-6-26-48-30-38/h1-30H. The monoisotopic (exact) mass is 671 g/mol. The number of hydrogen-bond acceptors (Lipinski definition) is 3. The van der Waals surface area contributed by atoms with Crippen LogP contribution in [-0.4, -0.2) is 9.97 Å². The molecular formula is C46H30N3OP. The van der Waals surface area contributed by atoms with Crippen LogP contribution in [0.15, 0.2) is 183 Å². The van der Waals surface area contributed by atoms with E-state index in [1.54, 1.807) is 12.4 Å². The van der Waals surface area contributed by atoms with Crippen LogP contribution < -0.4 is 15.3 Å². The van der Waals surface area contributed by atoms with Gasteiger partial charge in [0.2, 0.25) is 7.29 Å². The van der Waals surface area contributed by atoms with Gasteiger partial charge in [-0.2, -0.15) is 0 Å². The number of anilines is 2. The highest BCUT2D eigenvalue weighted by atomic mass is 31.2. The first-order valence-corrected chi connectivity index (χ1v) is 18.7. The fourth-order valence-corrected chi connectivity index (χ4v) is 11.0. The molecule has 2 aliphatic rings. The summed E-state index contributed by atoms with van der Waals surface area (Å²) in [6, 6.07) is 55.0. The first-order chi connectivity index (χ1) is 25.2. The van der Waals surface area contributed by atoms with Gasteiger partial charge < -0.3 is 0 Å². The van der Waals surface area contributed by atoms with E-state index >= 15 is 4.57 Å². The van der Waals surface area contributed by atoms with Crippen molar-refractivity contribution in [2.75, 3.05) is 4.67 Å². The molecule has 2 aromatic heterocycles. The lowest BCUT2D eigenvalue weighted by Crippen LogP contribution is -2.37. The van der Waals surface area contributed by atoms with E-state index in [4.69, 9.17) is 0 Å². The second-order valence-corrected chi connectivity index (χ2v) is 15.5. The number of aromatic nitrogens is 2. The van der Waals surface area contributed by atoms with Crippen molar-refractivity contribution in [2.24, 2.45) is 0 Å². The lowest BCUT2D eigenvalue weighted by atomic mass is 9.94. The van der Waals surface area contributed by atoms with Crippen LogP contribution in [0.1, 0.15) is 0 Å². The minimum atomic E-state index is -3.30. The van der Waals surface area contributed by atoms with E-state index in [0.29, 0.717) is 0 Å². The Morgan fingerprint density at radius 3 is 1.18 bits per heavy atom. The molecule has 0 spiro atoms. The fourth-order valence-electron chi connectivity index (χ4n) is 7.72. The molecule has 0 amide bonds. The molecule has 10 rings (SSSR count). The Balaban J connectivity index is 1.11. The Hall–Kier alpha value is -6.35. The van der Waals surface area contributed by atoms with Crippen molar-refractivity contribution in [1.29, 1.82) is 0 Å². The van der Waals surface area contributed by atoms with Gasteiger partial charge >= 0.3 is 0 Å². The van der Waals surface area contributed by atoms with Gasteiger partial charge in [-0.05, 0) is 104 Å². The Labute approximate surface area is 296 Å². The molecule has 0 N–H and O–H groups in total. The molecule has 4 nitrogen and oxygen atoms in total. The van der Waals surface area contributed by atoms with Gasteiger partial charge in [-0.25, -0.2) is 0 Å². The summed E-state index contributed by atoms with van der Waals surface area (Å²) in [5, 5.41) is 1.74. The molecule has 2 aliphatic heterocycles. The molecule has 0 saturated carbocycles. The largest absolute Gasteiger partial charge is 0.289 e. The normalized spacial score (nSPS) is 13.3. The number of rotatable bonds is 4. The predicted octanol–water partition coefficient (Wildman–Crippen LogP) is 11.2. The Bertz CT molecular complexity index is 2470. The Morgan fingerprint density at radius 2 is 0.765 bits per heavy atom. The Morgan fingerprint density at radius 1 is 0.373 bits per heavy atom. The highest BCUT2D eigenvalue weighted by Gasteiger charge is 2.47. The third-order valence-electron chi connectivity index (χ3n) is 10.2. The highest BCUT2D eigenvalue weighted by Crippen LogP contribution is 2.66. The molecule has 0 radical (unpaired) electrons. The van der Waals surface area contributed by atoms with Gasteiger partial charge in [-0.3, -0.25) is 19.2 Å². The lowest BCUT2D eigenvalue weighted by molar-refractivity contribution is 0.586. The van der Waals surface area contributed by atoms with Crippen LogP contribution in [0.5, 0.6) is 0 Å². The summed E-state index contributed by atoms with van der Waals surface area (Å²) in [7, 11) is -3.30. The van der Waals surface area contributed by atoms with Crippen molar-refractivity contribution in [3.05, 3.63) is 183 Å². The van der Waals surface area contributed by atoms with Crippen LogP contribution in [0.25, 0.3) is 66.8 Å². The van der Waals surface area contributed by atoms with Crippen LogP contribution >= 0.6 is 7.29 Å². The second kappa shape index (κ2) is 11.6. The molecule has 0 saturated heterocycles. The molecule has 0 bridgehead atoms. The summed E-state index contributed by atoms with van der Waals surface area (Å²) in [5.74, 6) is 0. The van der Waals surface area contributed by atoms with E-state index in [-0.39, 0.29) is 0 Å². The van der Waals surface area contributed by atoms with E-state index in [2.05, 4.69) is 148 Å². The van der Waals surface area contributed by atoms with Gasteiger partial charge in [-0.15, -0.1) is 0 Å². The van der Waals surface area contributed by atoms with Crippen molar-refractivity contribution < 1.29 is 4.57 Å². The molecule has 4 heterocycles. The van der Waals surface area contributed by atoms with Crippen molar-refractivity contribution >= 4 is 29.3 Å². The van der Waals surface area contributed by atoms with Gasteiger partial charge in [0.05, 0.1) is 11.4 Å². The first-order valence-electron chi connectivity index (χ1n) is 17.1. The lowest BCUT2D eigenvalue weighted by Gasteiger charge is -2.44. The third-order valence-corrected chi connectivity index (χ3v) is 13.3. The number of hydrogen-bond donors (Lipinski definition) is 0. The zero-order valence-electron chi connectivity index (χ0n) is 27.5. The first kappa shape index (κ1) is 29.6. The molecule has 6 aromatic carbocycles. The van der Waals surface area contributed by atoms with Gasteiger partial charge in [0.1, 0.15) is 0 Å². The van der Waals surface area contributed by atoms with E-state index in [1.165, 1.54) is 0 Å². The summed E-state index contributed by atoms with van der Waals surface area (Å²) >= 11 is 0. The topological polar surface area (TPSA) is 46.1 Å². The van der Waals surface area contributed by atoms with E-state index in [1.807, 2.05) is 36.7 Å². The summed E-state index contributed by atoms with van der Waals surface area (Å²) in [5.41, 5.74) is 15.0. The summed E-state index contributed by atoms with van der Waals surface area (Å²) in [4.78, 5) is 8.57. The quantitative estimate of drug-likeness (QED) is 0.175. The number of benzene rings is 6. The van der Waals surface area contributed by atoms with Crippen LogP contribution in [0, 0.1) is 0 Å². The molecule has 5 heteroatoms. The maximum absolute atomic E-state index is 16.0. The van der Waals surface area contributed by atoms with Crippen molar-refractivity contribution in [2.45, 2.75) is 0 Å². The average molecular weight is 672 g/mol. The predicted molar refractivity (Wildman–Crippen MR) is 210 cm³/mol. The summed E-state index contributed by atoms with van der Waals surface area (Å²) in [6.45, 7) is 0. The van der Waals surface area contributed by atoms with Crippen LogP contribution in [0.4, 0.5) is 11.4 Å². The zero-order chi connectivity index (χ0) is 33.9. The molecule has 0 fully saturated rings. The molecule has 0 aliphatic carbocycles. The van der Waals surface area contributed by atoms with E-state index < -0.39 is 7.29 Å². The number of pyridine rings is 2. The minimum absolute atomic E-state index is 0.870. The summed E-state index contributed by atoms with van der Waals surface area (Å²) in [6.07, 6.45) is 7.37. The SMILES string of the molecule is O=P12c3ccccc3-c3cc(-c4ccc(-c5cccnc5)cc4)ccc3N1c1ccc(-c3ccc(-c4cccnc4)cc3)cc1-c1ccccc12. The van der Waals surface area contributed by atoms with Crippen molar-refractivity contribution in [1.82, 2.24) is 9.97 Å². The molecule has 0 unspecified atom stereocenters. The van der Waals surface area contributed by atoms with Crippen LogP contribution in [-0.2, 0) is 4.57 Å². The minimum Gasteiger partial charge on any atom is -0.289 e. The molecule has 240 valence electrons. The van der Waals surface area contributed by atoms with Crippen molar-refractivity contribution in [3.8, 4) is 66.8 Å². The zero-order valence-corrected chi connectivity index (χ0v) is 28.4. The maximum Gasteiger partial charge on any atom is 0.235 e. The Kier molecular flexibility index (Phi) is 6.74. The smallest absolute Gasteiger partial charge is 0.235 e. The van der Waals surface area contributed by atoms with Crippen LogP contribution in [0.2, 0.25) is 0 Å². The number of nitrogens with zero attached hydrogens (tertiary/aromatic N) is 3. The van der Waals surface area contributed by atoms with Crippen molar-refractivity contribution in [3.63, 3.8) is 0 Å². The van der Waals surface area contributed by atoms with Gasteiger partial charge in [0, 0.05) is 46.5 Å². The van der Waals surface area contributed by atoms with Crippen LogP contribution in [0.3, 0.4) is 0 Å². The molecule has 8 aromatic rings. The average Bonchev–Trinajstić information content (AvgIpc) is 3.21. The highest BCUT2D eigenvalue weighted by molar-refractivity contribution is 7.81. The second-order valence-electron chi connectivity index (χ2n) is 13.0. The van der Waals surface area contributed by atoms with Gasteiger partial charge in [0.25, 0.3) is 0 Å². The van der Waals surface area contributed by atoms with Gasteiger partial charge in [-0.1, -0.05) is 109 Å². The van der Waals surface area contributed by atoms with Gasteiger partial charge in [0.15, 0.2) is 0 Å². The fraction of sp³-hybridized carbons (Fsp3) is 0. The number of fused-ring (bicyclic) bond motifs is 11.